The molecule has 4 rings (SSSR count). The SMILES string of the molecule is Cc1ccc(C)c(/C(O)=C2\C(=O)C(=O)N(CCCN3CCOCC3)C2c2ccc(O)cc2)c1. The number of carbonyl (C=O) groups excluding carboxylic acids is 2. The second kappa shape index (κ2) is 9.77. The van der Waals surface area contributed by atoms with Gasteiger partial charge in [0.15, 0.2) is 0 Å². The molecule has 2 saturated heterocycles. The van der Waals surface area contributed by atoms with Gasteiger partial charge in [-0.3, -0.25) is 14.5 Å². The Morgan fingerprint density at radius 3 is 2.42 bits per heavy atom. The molecule has 0 saturated carbocycles. The average molecular weight is 451 g/mol. The van der Waals surface area contributed by atoms with Crippen molar-refractivity contribution in [2.45, 2.75) is 26.3 Å². The number of ether oxygens (including phenoxy) is 1. The molecule has 2 fully saturated rings. The quantitative estimate of drug-likeness (QED) is 0.399. The molecule has 0 radical (unpaired) electrons. The molecule has 2 aliphatic rings. The van der Waals surface area contributed by atoms with E-state index in [1.54, 1.807) is 17.0 Å². The minimum absolute atomic E-state index is 0.0887. The van der Waals surface area contributed by atoms with Crippen molar-refractivity contribution in [1.82, 2.24) is 9.80 Å². The Morgan fingerprint density at radius 1 is 1.03 bits per heavy atom. The number of aryl methyl sites for hydroxylation is 2. The third-order valence-electron chi connectivity index (χ3n) is 6.37. The van der Waals surface area contributed by atoms with Crippen molar-refractivity contribution in [3.8, 4) is 5.75 Å². The lowest BCUT2D eigenvalue weighted by molar-refractivity contribution is -0.140. The van der Waals surface area contributed by atoms with Crippen LogP contribution in [0.4, 0.5) is 0 Å². The molecule has 2 N–H and O–H groups in total. The topological polar surface area (TPSA) is 90.3 Å². The van der Waals surface area contributed by atoms with Gasteiger partial charge in [0.05, 0.1) is 24.8 Å². The number of hydrogen-bond acceptors (Lipinski definition) is 6. The Hall–Kier alpha value is -3.16. The molecule has 0 aromatic heterocycles. The second-order valence-electron chi connectivity index (χ2n) is 8.71. The van der Waals surface area contributed by atoms with Gasteiger partial charge in [-0.25, -0.2) is 0 Å². The molecule has 33 heavy (non-hydrogen) atoms. The number of carbonyl (C=O) groups is 2. The van der Waals surface area contributed by atoms with Crippen molar-refractivity contribution in [3.05, 3.63) is 70.3 Å². The fourth-order valence-electron chi connectivity index (χ4n) is 4.54. The summed E-state index contributed by atoms with van der Waals surface area (Å²) < 4.78 is 5.39. The van der Waals surface area contributed by atoms with Gasteiger partial charge in [-0.1, -0.05) is 29.8 Å². The summed E-state index contributed by atoms with van der Waals surface area (Å²) in [6, 6.07) is 11.4. The number of ketones is 1. The second-order valence-corrected chi connectivity index (χ2v) is 8.71. The molecule has 0 bridgehead atoms. The van der Waals surface area contributed by atoms with E-state index in [2.05, 4.69) is 4.90 Å². The number of phenols is 1. The van der Waals surface area contributed by atoms with E-state index in [-0.39, 0.29) is 17.1 Å². The van der Waals surface area contributed by atoms with Crippen LogP contribution in [0, 0.1) is 13.8 Å². The number of likely N-dealkylation sites (tertiary alicyclic amines) is 1. The van der Waals surface area contributed by atoms with Gasteiger partial charge in [0, 0.05) is 31.7 Å². The Morgan fingerprint density at radius 2 is 1.73 bits per heavy atom. The van der Waals surface area contributed by atoms with Crippen molar-refractivity contribution in [1.29, 1.82) is 0 Å². The van der Waals surface area contributed by atoms with Gasteiger partial charge in [-0.15, -0.1) is 0 Å². The highest BCUT2D eigenvalue weighted by Crippen LogP contribution is 2.40. The van der Waals surface area contributed by atoms with Gasteiger partial charge in [-0.05, 0) is 49.6 Å². The van der Waals surface area contributed by atoms with E-state index in [4.69, 9.17) is 4.74 Å². The maximum absolute atomic E-state index is 13.2. The molecular formula is C26H30N2O5. The van der Waals surface area contributed by atoms with Crippen LogP contribution in [-0.2, 0) is 14.3 Å². The lowest BCUT2D eigenvalue weighted by Gasteiger charge is -2.29. The van der Waals surface area contributed by atoms with Gasteiger partial charge in [-0.2, -0.15) is 0 Å². The number of amides is 1. The molecule has 0 aliphatic carbocycles. The van der Waals surface area contributed by atoms with Gasteiger partial charge in [0.1, 0.15) is 11.5 Å². The molecule has 174 valence electrons. The highest BCUT2D eigenvalue weighted by Gasteiger charge is 2.46. The lowest BCUT2D eigenvalue weighted by Crippen LogP contribution is -2.38. The summed E-state index contributed by atoms with van der Waals surface area (Å²) in [7, 11) is 0. The van der Waals surface area contributed by atoms with E-state index in [1.165, 1.54) is 12.1 Å². The van der Waals surface area contributed by atoms with E-state index >= 15 is 0 Å². The molecule has 7 nitrogen and oxygen atoms in total. The standard InChI is InChI=1S/C26H30N2O5/c1-17-4-5-18(2)21(16-17)24(30)22-23(19-6-8-20(29)9-7-19)28(26(32)25(22)31)11-3-10-27-12-14-33-15-13-27/h4-9,16,23,29-30H,3,10-15H2,1-2H3/b24-22+. The molecule has 1 atom stereocenters. The van der Waals surface area contributed by atoms with Crippen molar-refractivity contribution >= 4 is 17.4 Å². The predicted octanol–water partition coefficient (Wildman–Crippen LogP) is 3.15. The van der Waals surface area contributed by atoms with Crippen LogP contribution in [0.1, 0.15) is 34.7 Å². The van der Waals surface area contributed by atoms with E-state index in [9.17, 15) is 19.8 Å². The number of hydrogen-bond donors (Lipinski definition) is 2. The highest BCUT2D eigenvalue weighted by molar-refractivity contribution is 6.46. The summed E-state index contributed by atoms with van der Waals surface area (Å²) in [4.78, 5) is 30.1. The zero-order valence-electron chi connectivity index (χ0n) is 19.1. The smallest absolute Gasteiger partial charge is 0.295 e. The Bertz CT molecular complexity index is 1070. The summed E-state index contributed by atoms with van der Waals surface area (Å²) in [5.74, 6) is -1.36. The third kappa shape index (κ3) is 4.79. The zero-order chi connectivity index (χ0) is 23.5. The first kappa shape index (κ1) is 23.0. The van der Waals surface area contributed by atoms with Crippen LogP contribution >= 0.6 is 0 Å². The van der Waals surface area contributed by atoms with Gasteiger partial charge < -0.3 is 19.8 Å². The number of aliphatic hydroxyl groups excluding tert-OH is 1. The number of aliphatic hydroxyl groups is 1. The molecule has 0 spiro atoms. The van der Waals surface area contributed by atoms with Gasteiger partial charge >= 0.3 is 0 Å². The fourth-order valence-corrected chi connectivity index (χ4v) is 4.54. The number of phenolic OH excluding ortho intramolecular Hbond substituents is 1. The number of aromatic hydroxyl groups is 1. The first-order valence-electron chi connectivity index (χ1n) is 11.3. The van der Waals surface area contributed by atoms with Crippen LogP contribution in [0.15, 0.2) is 48.0 Å². The largest absolute Gasteiger partial charge is 0.508 e. The molecule has 7 heteroatoms. The molecule has 2 aliphatic heterocycles. The highest BCUT2D eigenvalue weighted by atomic mass is 16.5. The number of rotatable bonds is 6. The van der Waals surface area contributed by atoms with Crippen LogP contribution in [0.25, 0.3) is 5.76 Å². The van der Waals surface area contributed by atoms with E-state index in [0.717, 1.165) is 30.8 Å². The first-order valence-corrected chi connectivity index (χ1v) is 11.3. The summed E-state index contributed by atoms with van der Waals surface area (Å²) in [5, 5.41) is 21.0. The normalized spacial score (nSPS) is 21.0. The van der Waals surface area contributed by atoms with Gasteiger partial charge in [0.25, 0.3) is 11.7 Å². The summed E-state index contributed by atoms with van der Waals surface area (Å²) in [5.41, 5.74) is 3.07. The summed E-state index contributed by atoms with van der Waals surface area (Å²) in [6.07, 6.45) is 0.700. The predicted molar refractivity (Wildman–Crippen MR) is 125 cm³/mol. The number of nitrogens with zero attached hydrogens (tertiary/aromatic N) is 2. The van der Waals surface area contributed by atoms with Crippen molar-refractivity contribution in [2.75, 3.05) is 39.4 Å². The minimum Gasteiger partial charge on any atom is -0.508 e. The van der Waals surface area contributed by atoms with E-state index in [0.29, 0.717) is 37.3 Å². The van der Waals surface area contributed by atoms with Crippen LogP contribution in [0.2, 0.25) is 0 Å². The molecule has 2 aromatic rings. The van der Waals surface area contributed by atoms with Crippen LogP contribution in [-0.4, -0.2) is 71.1 Å². The Labute approximate surface area is 193 Å². The number of benzene rings is 2. The van der Waals surface area contributed by atoms with Crippen LogP contribution in [0.3, 0.4) is 0 Å². The molecular weight excluding hydrogens is 420 g/mol. The van der Waals surface area contributed by atoms with Crippen molar-refractivity contribution in [3.63, 3.8) is 0 Å². The Balaban J connectivity index is 1.70. The minimum atomic E-state index is -0.713. The Kier molecular flexibility index (Phi) is 6.81. The summed E-state index contributed by atoms with van der Waals surface area (Å²) >= 11 is 0. The van der Waals surface area contributed by atoms with Crippen LogP contribution in [0.5, 0.6) is 5.75 Å². The molecule has 1 unspecified atom stereocenters. The number of Topliss-reactive ketones (excluding diaryl/α,β-unsaturated/α-hetero) is 1. The molecule has 2 heterocycles. The van der Waals surface area contributed by atoms with Crippen molar-refractivity contribution in [2.24, 2.45) is 0 Å². The molecule has 1 amide bonds. The van der Waals surface area contributed by atoms with Crippen LogP contribution < -0.4 is 0 Å². The number of morpholine rings is 1. The maximum Gasteiger partial charge on any atom is 0.295 e. The summed E-state index contributed by atoms with van der Waals surface area (Å²) in [6.45, 7) is 8.07. The third-order valence-corrected chi connectivity index (χ3v) is 6.37. The molecule has 2 aromatic carbocycles. The maximum atomic E-state index is 13.2. The zero-order valence-corrected chi connectivity index (χ0v) is 19.1. The first-order chi connectivity index (χ1) is 15.9. The van der Waals surface area contributed by atoms with E-state index in [1.807, 2.05) is 32.0 Å². The average Bonchev–Trinajstić information content (AvgIpc) is 3.06. The van der Waals surface area contributed by atoms with Crippen molar-refractivity contribution < 1.29 is 24.5 Å². The monoisotopic (exact) mass is 450 g/mol. The van der Waals surface area contributed by atoms with Gasteiger partial charge in [0.2, 0.25) is 0 Å². The lowest BCUT2D eigenvalue weighted by atomic mass is 9.93. The fraction of sp³-hybridized carbons (Fsp3) is 0.385. The van der Waals surface area contributed by atoms with E-state index < -0.39 is 17.7 Å².